The number of nitrogens with one attached hydrogen (secondary N) is 2. The Kier molecular flexibility index (Phi) is 3.86. The van der Waals surface area contributed by atoms with E-state index in [1.807, 2.05) is 11.0 Å². The SMILES string of the molecule is CC(C)(F)Cn1ncc2cnc(-c3[nH]ncc3NC(=O)N3C[C@H]4C[C@@]4(O)CC34CC4)cc21. The molecule has 0 radical (unpaired) electrons. The van der Waals surface area contributed by atoms with Crippen molar-refractivity contribution in [3.8, 4) is 11.4 Å². The Morgan fingerprint density at radius 2 is 2.19 bits per heavy atom. The highest BCUT2D eigenvalue weighted by atomic mass is 19.1. The molecule has 10 heteroatoms. The molecule has 9 nitrogen and oxygen atoms in total. The maximum Gasteiger partial charge on any atom is 0.322 e. The molecule has 2 atom stereocenters. The Labute approximate surface area is 184 Å². The molecule has 2 saturated carbocycles. The average Bonchev–Trinajstić information content (AvgIpc) is 3.50. The van der Waals surface area contributed by atoms with E-state index in [4.69, 9.17) is 0 Å². The zero-order valence-electron chi connectivity index (χ0n) is 18.1. The number of urea groups is 1. The second-order valence-electron chi connectivity index (χ2n) is 10.3. The first-order valence-corrected chi connectivity index (χ1v) is 11.0. The van der Waals surface area contributed by atoms with Gasteiger partial charge >= 0.3 is 6.03 Å². The number of carbonyl (C=O) groups excluding carboxylic acids is 1. The second-order valence-corrected chi connectivity index (χ2v) is 10.3. The number of amides is 2. The lowest BCUT2D eigenvalue weighted by molar-refractivity contribution is 0.0371. The van der Waals surface area contributed by atoms with Gasteiger partial charge in [0, 0.05) is 29.6 Å². The normalized spacial score (nSPS) is 25.8. The van der Waals surface area contributed by atoms with Crippen LogP contribution in [0.2, 0.25) is 0 Å². The van der Waals surface area contributed by atoms with E-state index in [0.717, 1.165) is 30.2 Å². The van der Waals surface area contributed by atoms with Crippen LogP contribution in [-0.2, 0) is 6.54 Å². The monoisotopic (exact) mass is 439 g/mol. The van der Waals surface area contributed by atoms with Gasteiger partial charge in [0.15, 0.2) is 0 Å². The van der Waals surface area contributed by atoms with Gasteiger partial charge in [-0.3, -0.25) is 14.8 Å². The van der Waals surface area contributed by atoms with E-state index in [1.165, 1.54) is 13.8 Å². The van der Waals surface area contributed by atoms with Crippen molar-refractivity contribution in [3.63, 3.8) is 0 Å². The predicted octanol–water partition coefficient (Wildman–Crippen LogP) is 3.09. The van der Waals surface area contributed by atoms with Gasteiger partial charge in [-0.15, -0.1) is 0 Å². The predicted molar refractivity (Wildman–Crippen MR) is 116 cm³/mol. The molecule has 32 heavy (non-hydrogen) atoms. The van der Waals surface area contributed by atoms with Crippen LogP contribution in [0.15, 0.2) is 24.7 Å². The van der Waals surface area contributed by atoms with Gasteiger partial charge in [-0.2, -0.15) is 10.2 Å². The minimum Gasteiger partial charge on any atom is -0.389 e. The number of anilines is 1. The van der Waals surface area contributed by atoms with Crippen molar-refractivity contribution in [1.29, 1.82) is 0 Å². The third kappa shape index (κ3) is 3.16. The summed E-state index contributed by atoms with van der Waals surface area (Å²) in [4.78, 5) is 19.6. The van der Waals surface area contributed by atoms with E-state index in [1.54, 1.807) is 23.3 Å². The van der Waals surface area contributed by atoms with Gasteiger partial charge < -0.3 is 15.3 Å². The zero-order valence-corrected chi connectivity index (χ0v) is 18.1. The van der Waals surface area contributed by atoms with Crippen LogP contribution in [0.5, 0.6) is 0 Å². The lowest BCUT2D eigenvalue weighted by atomic mass is 9.97. The van der Waals surface area contributed by atoms with Crippen molar-refractivity contribution < 1.29 is 14.3 Å². The number of aliphatic hydroxyl groups is 1. The van der Waals surface area contributed by atoms with Gasteiger partial charge in [-0.25, -0.2) is 9.18 Å². The van der Waals surface area contributed by atoms with Crippen LogP contribution in [0.1, 0.15) is 39.5 Å². The average molecular weight is 439 g/mol. The van der Waals surface area contributed by atoms with Crippen molar-refractivity contribution in [1.82, 2.24) is 29.9 Å². The maximum atomic E-state index is 14.2. The number of fused-ring (bicyclic) bond motifs is 2. The van der Waals surface area contributed by atoms with Crippen molar-refractivity contribution in [2.24, 2.45) is 5.92 Å². The molecule has 2 aliphatic carbocycles. The van der Waals surface area contributed by atoms with Crippen LogP contribution in [0.25, 0.3) is 22.3 Å². The summed E-state index contributed by atoms with van der Waals surface area (Å²) >= 11 is 0. The third-order valence-corrected chi connectivity index (χ3v) is 7.07. The summed E-state index contributed by atoms with van der Waals surface area (Å²) in [5, 5.41) is 25.6. The highest BCUT2D eigenvalue weighted by molar-refractivity contribution is 5.94. The number of likely N-dealkylation sites (tertiary alicyclic amines) is 1. The molecular weight excluding hydrogens is 413 g/mol. The summed E-state index contributed by atoms with van der Waals surface area (Å²) in [6.45, 7) is 3.73. The number of pyridine rings is 1. The molecule has 0 aromatic carbocycles. The fourth-order valence-corrected chi connectivity index (χ4v) is 5.14. The number of hydrogen-bond acceptors (Lipinski definition) is 5. The van der Waals surface area contributed by atoms with Crippen molar-refractivity contribution >= 4 is 22.6 Å². The second kappa shape index (κ2) is 6.28. The quantitative estimate of drug-likeness (QED) is 0.578. The molecule has 6 rings (SSSR count). The molecule has 1 spiro atoms. The van der Waals surface area contributed by atoms with E-state index < -0.39 is 11.3 Å². The summed E-state index contributed by atoms with van der Waals surface area (Å²) in [7, 11) is 0. The van der Waals surface area contributed by atoms with Crippen LogP contribution in [0, 0.1) is 5.92 Å². The number of piperidine rings is 1. The third-order valence-electron chi connectivity index (χ3n) is 7.07. The molecular formula is C22H26FN7O2. The molecule has 3 aromatic heterocycles. The van der Waals surface area contributed by atoms with Crippen molar-refractivity contribution in [2.75, 3.05) is 11.9 Å². The van der Waals surface area contributed by atoms with Gasteiger partial charge in [0.25, 0.3) is 0 Å². The van der Waals surface area contributed by atoms with E-state index in [2.05, 4.69) is 25.6 Å². The number of alkyl halides is 1. The van der Waals surface area contributed by atoms with Gasteiger partial charge in [0.05, 0.1) is 41.4 Å². The van der Waals surface area contributed by atoms with Crippen LogP contribution >= 0.6 is 0 Å². The Morgan fingerprint density at radius 1 is 1.38 bits per heavy atom. The molecule has 3 fully saturated rings. The van der Waals surface area contributed by atoms with Gasteiger partial charge in [-0.1, -0.05) is 0 Å². The van der Waals surface area contributed by atoms with Crippen LogP contribution in [-0.4, -0.2) is 64.4 Å². The molecule has 3 aliphatic rings. The summed E-state index contributed by atoms with van der Waals surface area (Å²) in [5.41, 5.74) is 0.275. The highest BCUT2D eigenvalue weighted by Gasteiger charge is 2.67. The summed E-state index contributed by atoms with van der Waals surface area (Å²) in [6.07, 6.45) is 8.23. The van der Waals surface area contributed by atoms with Crippen LogP contribution in [0.4, 0.5) is 14.9 Å². The summed E-state index contributed by atoms with van der Waals surface area (Å²) < 4.78 is 15.8. The van der Waals surface area contributed by atoms with E-state index in [-0.39, 0.29) is 24.0 Å². The fraction of sp³-hybridized carbons (Fsp3) is 0.545. The minimum atomic E-state index is -1.41. The van der Waals surface area contributed by atoms with E-state index in [9.17, 15) is 14.3 Å². The topological polar surface area (TPSA) is 112 Å². The molecule has 3 aromatic rings. The molecule has 0 bridgehead atoms. The van der Waals surface area contributed by atoms with Gasteiger partial charge in [0.1, 0.15) is 11.4 Å². The van der Waals surface area contributed by atoms with Crippen molar-refractivity contribution in [2.45, 2.75) is 62.9 Å². The van der Waals surface area contributed by atoms with Crippen molar-refractivity contribution in [3.05, 3.63) is 24.7 Å². The minimum absolute atomic E-state index is 0.122. The van der Waals surface area contributed by atoms with E-state index >= 15 is 0 Å². The standard InChI is InChI=1S/C22H26FN7O2/c1-20(2,23)12-30-17-5-15(24-7-13(17)8-26-30)18-16(9-25-28-18)27-19(31)29-10-14-6-22(14,32)11-21(29)3-4-21/h5,7-9,14,32H,3-4,6,10-12H2,1-2H3,(H,25,28)(H,27,31)/t14-,22-/m1/s1. The Morgan fingerprint density at radius 3 is 2.94 bits per heavy atom. The smallest absolute Gasteiger partial charge is 0.322 e. The van der Waals surface area contributed by atoms with Gasteiger partial charge in [-0.05, 0) is 45.6 Å². The molecule has 168 valence electrons. The first kappa shape index (κ1) is 19.7. The lowest BCUT2D eigenvalue weighted by Gasteiger charge is -2.38. The number of aromatic amines is 1. The largest absolute Gasteiger partial charge is 0.389 e. The Hall–Kier alpha value is -3.01. The highest BCUT2D eigenvalue weighted by Crippen LogP contribution is 2.61. The summed E-state index contributed by atoms with van der Waals surface area (Å²) in [5.74, 6) is 0.174. The first-order valence-electron chi connectivity index (χ1n) is 11.0. The Bertz CT molecular complexity index is 1220. The molecule has 0 unspecified atom stereocenters. The number of carbonyl (C=O) groups is 1. The molecule has 1 saturated heterocycles. The molecule has 2 amide bonds. The Balaban J connectivity index is 1.27. The maximum absolute atomic E-state index is 14.2. The van der Waals surface area contributed by atoms with E-state index in [0.29, 0.717) is 30.0 Å². The number of rotatable bonds is 4. The number of halogens is 1. The summed E-state index contributed by atoms with van der Waals surface area (Å²) in [6, 6.07) is 1.65. The number of nitrogens with zero attached hydrogens (tertiary/aromatic N) is 5. The number of H-pyrrole nitrogens is 1. The van der Waals surface area contributed by atoms with Crippen LogP contribution < -0.4 is 5.32 Å². The first-order chi connectivity index (χ1) is 15.2. The van der Waals surface area contributed by atoms with Gasteiger partial charge in [0.2, 0.25) is 0 Å². The molecule has 3 N–H and O–H groups in total. The molecule has 1 aliphatic heterocycles. The number of aromatic nitrogens is 5. The zero-order chi connectivity index (χ0) is 22.3. The lowest BCUT2D eigenvalue weighted by Crippen LogP contribution is -2.51. The molecule has 4 heterocycles. The number of hydrogen-bond donors (Lipinski definition) is 3. The van der Waals surface area contributed by atoms with Crippen LogP contribution in [0.3, 0.4) is 0 Å². The fourth-order valence-electron chi connectivity index (χ4n) is 5.14.